The zero-order valence-corrected chi connectivity index (χ0v) is 11.7. The Morgan fingerprint density at radius 1 is 1.26 bits per heavy atom. The van der Waals surface area contributed by atoms with Crippen LogP contribution in [-0.4, -0.2) is 28.7 Å². The molecule has 0 saturated heterocycles. The summed E-state index contributed by atoms with van der Waals surface area (Å²) in [5, 5.41) is 0.585. The maximum atomic E-state index is 13.2. The minimum atomic E-state index is -1.55. The van der Waals surface area contributed by atoms with E-state index >= 15 is 0 Å². The van der Waals surface area contributed by atoms with Gasteiger partial charge in [0.1, 0.15) is 0 Å². The summed E-state index contributed by atoms with van der Waals surface area (Å²) in [5.41, 5.74) is -0.149. The van der Waals surface area contributed by atoms with E-state index in [1.807, 2.05) is 0 Å². The molecule has 0 atom stereocenters. The smallest absolute Gasteiger partial charge is 0.254 e. The molecule has 19 heavy (non-hydrogen) atoms. The highest BCUT2D eigenvalue weighted by Crippen LogP contribution is 2.27. The SMILES string of the molecule is O=C(c1cc(F)c(F)c(F)c1)N(CCBr)C1CCC1. The maximum Gasteiger partial charge on any atom is 0.254 e. The number of carbonyl (C=O) groups is 1. The van der Waals surface area contributed by atoms with Gasteiger partial charge < -0.3 is 4.90 Å². The molecule has 0 spiro atoms. The fourth-order valence-electron chi connectivity index (χ4n) is 2.08. The summed E-state index contributed by atoms with van der Waals surface area (Å²) in [6.07, 6.45) is 2.83. The minimum Gasteiger partial charge on any atom is -0.335 e. The van der Waals surface area contributed by atoms with E-state index in [-0.39, 0.29) is 11.6 Å². The van der Waals surface area contributed by atoms with E-state index in [1.165, 1.54) is 0 Å². The highest BCUT2D eigenvalue weighted by Gasteiger charge is 2.29. The average Bonchev–Trinajstić information content (AvgIpc) is 2.31. The van der Waals surface area contributed by atoms with Crippen LogP contribution < -0.4 is 0 Å². The lowest BCUT2D eigenvalue weighted by Crippen LogP contribution is -2.45. The number of hydrogen-bond acceptors (Lipinski definition) is 1. The monoisotopic (exact) mass is 335 g/mol. The normalized spacial score (nSPS) is 15.2. The molecule has 0 aliphatic heterocycles. The third kappa shape index (κ3) is 2.94. The van der Waals surface area contributed by atoms with Gasteiger partial charge in [0.2, 0.25) is 0 Å². The molecule has 2 nitrogen and oxygen atoms in total. The summed E-state index contributed by atoms with van der Waals surface area (Å²) in [5.74, 6) is -4.68. The van der Waals surface area contributed by atoms with E-state index < -0.39 is 23.4 Å². The molecule has 0 aromatic heterocycles. The summed E-state index contributed by atoms with van der Waals surface area (Å²) in [7, 11) is 0. The zero-order valence-electron chi connectivity index (χ0n) is 10.1. The number of benzene rings is 1. The molecule has 0 heterocycles. The van der Waals surface area contributed by atoms with Crippen molar-refractivity contribution >= 4 is 21.8 Å². The maximum absolute atomic E-state index is 13.2. The number of hydrogen-bond donors (Lipinski definition) is 0. The number of alkyl halides is 1. The van der Waals surface area contributed by atoms with Crippen LogP contribution in [-0.2, 0) is 0 Å². The van der Waals surface area contributed by atoms with Gasteiger partial charge >= 0.3 is 0 Å². The molecule has 6 heteroatoms. The van der Waals surface area contributed by atoms with Gasteiger partial charge in [-0.2, -0.15) is 0 Å². The lowest BCUT2D eigenvalue weighted by atomic mass is 9.91. The third-order valence-electron chi connectivity index (χ3n) is 3.33. The molecule has 0 radical (unpaired) electrons. The molecule has 104 valence electrons. The van der Waals surface area contributed by atoms with Crippen molar-refractivity contribution in [3.8, 4) is 0 Å². The molecule has 0 unspecified atom stereocenters. The van der Waals surface area contributed by atoms with Gasteiger partial charge in [-0.15, -0.1) is 0 Å². The molecular formula is C13H13BrF3NO. The first-order valence-electron chi connectivity index (χ1n) is 6.06. The van der Waals surface area contributed by atoms with Gasteiger partial charge in [0.15, 0.2) is 17.5 Å². The van der Waals surface area contributed by atoms with Crippen LogP contribution in [0.4, 0.5) is 13.2 Å². The number of nitrogens with zero attached hydrogens (tertiary/aromatic N) is 1. The van der Waals surface area contributed by atoms with Gasteiger partial charge in [-0.25, -0.2) is 13.2 Å². The van der Waals surface area contributed by atoms with Crippen molar-refractivity contribution in [1.29, 1.82) is 0 Å². The van der Waals surface area contributed by atoms with E-state index in [0.717, 1.165) is 31.4 Å². The van der Waals surface area contributed by atoms with Gasteiger partial charge in [0.25, 0.3) is 5.91 Å². The van der Waals surface area contributed by atoms with Crippen molar-refractivity contribution < 1.29 is 18.0 Å². The van der Waals surface area contributed by atoms with Crippen molar-refractivity contribution in [2.24, 2.45) is 0 Å². The lowest BCUT2D eigenvalue weighted by molar-refractivity contribution is 0.0598. The Morgan fingerprint density at radius 2 is 1.84 bits per heavy atom. The van der Waals surface area contributed by atoms with Crippen LogP contribution in [0.1, 0.15) is 29.6 Å². The lowest BCUT2D eigenvalue weighted by Gasteiger charge is -2.37. The minimum absolute atomic E-state index is 0.112. The predicted molar refractivity (Wildman–Crippen MR) is 68.8 cm³/mol. The molecule has 1 fully saturated rings. The fraction of sp³-hybridized carbons (Fsp3) is 0.462. The van der Waals surface area contributed by atoms with Gasteiger partial charge in [0.05, 0.1) is 0 Å². The molecule has 2 rings (SSSR count). The topological polar surface area (TPSA) is 20.3 Å². The van der Waals surface area contributed by atoms with Gasteiger partial charge in [0, 0.05) is 23.5 Å². The highest BCUT2D eigenvalue weighted by molar-refractivity contribution is 9.09. The van der Waals surface area contributed by atoms with Crippen LogP contribution in [0, 0.1) is 17.5 Å². The van der Waals surface area contributed by atoms with Crippen molar-refractivity contribution in [2.75, 3.05) is 11.9 Å². The zero-order chi connectivity index (χ0) is 14.0. The Morgan fingerprint density at radius 3 is 2.26 bits per heavy atom. The fourth-order valence-corrected chi connectivity index (χ4v) is 2.47. The standard InChI is InChI=1S/C13H13BrF3NO/c14-4-5-18(9-2-1-3-9)13(19)8-6-10(15)12(17)11(16)7-8/h6-7,9H,1-5H2. The number of carbonyl (C=O) groups excluding carboxylic acids is 1. The Balaban J connectivity index is 2.25. The van der Waals surface area contributed by atoms with Gasteiger partial charge in [-0.05, 0) is 31.4 Å². The van der Waals surface area contributed by atoms with Crippen molar-refractivity contribution in [1.82, 2.24) is 4.90 Å². The number of halogens is 4. The summed E-state index contributed by atoms with van der Waals surface area (Å²) in [6.45, 7) is 0.462. The second-order valence-corrected chi connectivity index (χ2v) is 5.32. The summed E-state index contributed by atoms with van der Waals surface area (Å²) < 4.78 is 39.2. The van der Waals surface area contributed by atoms with Crippen LogP contribution >= 0.6 is 15.9 Å². The molecule has 1 saturated carbocycles. The van der Waals surface area contributed by atoms with E-state index in [9.17, 15) is 18.0 Å². The number of amides is 1. The first-order valence-corrected chi connectivity index (χ1v) is 7.18. The average molecular weight is 336 g/mol. The molecule has 1 aromatic rings. The highest BCUT2D eigenvalue weighted by atomic mass is 79.9. The molecule has 1 aliphatic carbocycles. The third-order valence-corrected chi connectivity index (χ3v) is 3.69. The summed E-state index contributed by atoms with van der Waals surface area (Å²) in [6, 6.07) is 1.61. The Labute approximate surface area is 117 Å². The Kier molecular flexibility index (Phi) is 4.50. The summed E-state index contributed by atoms with van der Waals surface area (Å²) in [4.78, 5) is 13.8. The van der Waals surface area contributed by atoms with Crippen molar-refractivity contribution in [3.63, 3.8) is 0 Å². The van der Waals surface area contributed by atoms with Crippen LogP contribution in [0.5, 0.6) is 0 Å². The second-order valence-electron chi connectivity index (χ2n) is 4.53. The Bertz CT molecular complexity index is 468. The summed E-state index contributed by atoms with van der Waals surface area (Å²) >= 11 is 3.25. The van der Waals surface area contributed by atoms with Crippen molar-refractivity contribution in [2.45, 2.75) is 25.3 Å². The number of rotatable bonds is 4. The van der Waals surface area contributed by atoms with E-state index in [0.29, 0.717) is 11.9 Å². The molecule has 1 amide bonds. The van der Waals surface area contributed by atoms with E-state index in [2.05, 4.69) is 15.9 Å². The van der Waals surface area contributed by atoms with Crippen LogP contribution in [0.15, 0.2) is 12.1 Å². The van der Waals surface area contributed by atoms with E-state index in [1.54, 1.807) is 4.90 Å². The van der Waals surface area contributed by atoms with Crippen LogP contribution in [0.25, 0.3) is 0 Å². The molecule has 1 aliphatic rings. The largest absolute Gasteiger partial charge is 0.335 e. The molecule has 0 N–H and O–H groups in total. The second kappa shape index (κ2) is 5.94. The van der Waals surface area contributed by atoms with Crippen molar-refractivity contribution in [3.05, 3.63) is 35.1 Å². The molecule has 0 bridgehead atoms. The van der Waals surface area contributed by atoms with Gasteiger partial charge in [-0.3, -0.25) is 4.79 Å². The molecular weight excluding hydrogens is 323 g/mol. The Hall–Kier alpha value is -1.04. The molecule has 1 aromatic carbocycles. The predicted octanol–water partition coefficient (Wildman–Crippen LogP) is 3.49. The quantitative estimate of drug-likeness (QED) is 0.609. The van der Waals surface area contributed by atoms with Crippen LogP contribution in [0.3, 0.4) is 0 Å². The first-order chi connectivity index (χ1) is 9.04. The first kappa shape index (κ1) is 14.4. The van der Waals surface area contributed by atoms with E-state index in [4.69, 9.17) is 0 Å². The van der Waals surface area contributed by atoms with Gasteiger partial charge in [-0.1, -0.05) is 15.9 Å². The van der Waals surface area contributed by atoms with Crippen LogP contribution in [0.2, 0.25) is 0 Å².